The Kier molecular flexibility index (Phi) is 2.40. The van der Waals surface area contributed by atoms with Gasteiger partial charge in [0.2, 0.25) is 0 Å². The van der Waals surface area contributed by atoms with E-state index in [2.05, 4.69) is 5.32 Å². The summed E-state index contributed by atoms with van der Waals surface area (Å²) < 4.78 is 0. The van der Waals surface area contributed by atoms with Crippen LogP contribution in [0.3, 0.4) is 0 Å². The van der Waals surface area contributed by atoms with E-state index < -0.39 is 0 Å². The molecule has 0 saturated carbocycles. The van der Waals surface area contributed by atoms with Crippen molar-refractivity contribution < 1.29 is 4.79 Å². The van der Waals surface area contributed by atoms with Crippen LogP contribution in [0.2, 0.25) is 5.02 Å². The van der Waals surface area contributed by atoms with E-state index in [0.29, 0.717) is 10.6 Å². The maximum Gasteiger partial charge on any atom is 0.257 e. The summed E-state index contributed by atoms with van der Waals surface area (Å²) in [6.07, 6.45) is 1.80. The lowest BCUT2D eigenvalue weighted by molar-refractivity contribution is -0.110. The molecule has 1 heterocycles. The van der Waals surface area contributed by atoms with Crippen LogP contribution in [0.1, 0.15) is 5.56 Å². The van der Waals surface area contributed by atoms with Crippen molar-refractivity contribution in [2.24, 2.45) is 0 Å². The topological polar surface area (TPSA) is 32.3 Å². The second-order valence-electron chi connectivity index (χ2n) is 3.65. The van der Waals surface area contributed by atoms with Gasteiger partial charge in [0.25, 0.3) is 5.91 Å². The average Bonchev–Trinajstić information content (AvgIpc) is 2.41. The molecule has 3 nitrogen and oxygen atoms in total. The smallest absolute Gasteiger partial charge is 0.257 e. The average molecular weight is 223 g/mol. The van der Waals surface area contributed by atoms with Gasteiger partial charge in [-0.3, -0.25) is 4.79 Å². The molecule has 1 aliphatic rings. The summed E-state index contributed by atoms with van der Waals surface area (Å²) in [4.78, 5) is 13.5. The van der Waals surface area contributed by atoms with Crippen LogP contribution in [0.5, 0.6) is 0 Å². The molecule has 0 aliphatic carbocycles. The predicted molar refractivity (Wildman–Crippen MR) is 61.7 cm³/mol. The van der Waals surface area contributed by atoms with Gasteiger partial charge >= 0.3 is 0 Å². The molecule has 0 unspecified atom stereocenters. The van der Waals surface area contributed by atoms with Gasteiger partial charge in [0.15, 0.2) is 0 Å². The molecule has 1 N–H and O–H groups in total. The summed E-state index contributed by atoms with van der Waals surface area (Å²) in [5.74, 6) is -0.0824. The Balaban J connectivity index is 2.51. The lowest BCUT2D eigenvalue weighted by Crippen LogP contribution is -2.08. The van der Waals surface area contributed by atoms with Crippen LogP contribution in [0.4, 0.5) is 5.69 Å². The Morgan fingerprint density at radius 1 is 1.40 bits per heavy atom. The Labute approximate surface area is 93.3 Å². The van der Waals surface area contributed by atoms with E-state index in [0.717, 1.165) is 11.3 Å². The van der Waals surface area contributed by atoms with Gasteiger partial charge < -0.3 is 10.2 Å². The number of halogens is 1. The van der Waals surface area contributed by atoms with Gasteiger partial charge in [-0.15, -0.1) is 0 Å². The zero-order chi connectivity index (χ0) is 11.0. The van der Waals surface area contributed by atoms with Crippen LogP contribution in [0, 0.1) is 0 Å². The lowest BCUT2D eigenvalue weighted by atomic mass is 10.1. The van der Waals surface area contributed by atoms with Crippen molar-refractivity contribution in [1.82, 2.24) is 4.90 Å². The number of amides is 1. The molecule has 1 aliphatic heterocycles. The summed E-state index contributed by atoms with van der Waals surface area (Å²) in [5, 5.41) is 3.40. The van der Waals surface area contributed by atoms with E-state index in [1.165, 1.54) is 0 Å². The Bertz CT molecular complexity index is 452. The molecule has 0 atom stereocenters. The minimum absolute atomic E-state index is 0.0824. The summed E-state index contributed by atoms with van der Waals surface area (Å²) >= 11 is 5.84. The highest BCUT2D eigenvalue weighted by atomic mass is 35.5. The lowest BCUT2D eigenvalue weighted by Gasteiger charge is -2.05. The van der Waals surface area contributed by atoms with Gasteiger partial charge in [-0.2, -0.15) is 0 Å². The molecule has 78 valence electrons. The normalized spacial score (nSPS) is 16.5. The number of carbonyl (C=O) groups is 1. The van der Waals surface area contributed by atoms with Crippen LogP contribution >= 0.6 is 11.6 Å². The number of carbonyl (C=O) groups excluding carboxylic acids is 1. The summed E-state index contributed by atoms with van der Waals surface area (Å²) in [7, 11) is 3.77. The first-order valence-electron chi connectivity index (χ1n) is 4.57. The fourth-order valence-electron chi connectivity index (χ4n) is 1.55. The highest BCUT2D eigenvalue weighted by molar-refractivity contribution is 6.34. The highest BCUT2D eigenvalue weighted by Gasteiger charge is 2.24. The van der Waals surface area contributed by atoms with Crippen molar-refractivity contribution in [3.05, 3.63) is 35.0 Å². The van der Waals surface area contributed by atoms with Crippen molar-refractivity contribution in [3.63, 3.8) is 0 Å². The third kappa shape index (κ3) is 1.83. The fraction of sp³-hybridized carbons (Fsp3) is 0.182. The largest absolute Gasteiger partial charge is 0.383 e. The number of anilines is 1. The van der Waals surface area contributed by atoms with Gasteiger partial charge in [0.1, 0.15) is 0 Å². The molecule has 2 rings (SSSR count). The Hall–Kier alpha value is -1.48. The molecule has 0 fully saturated rings. The van der Waals surface area contributed by atoms with Gasteiger partial charge in [-0.1, -0.05) is 17.7 Å². The van der Waals surface area contributed by atoms with E-state index in [9.17, 15) is 4.79 Å². The molecule has 0 bridgehead atoms. The third-order valence-electron chi connectivity index (χ3n) is 2.15. The van der Waals surface area contributed by atoms with E-state index in [1.54, 1.807) is 18.3 Å². The van der Waals surface area contributed by atoms with Crippen LogP contribution in [0.15, 0.2) is 24.4 Å². The summed E-state index contributed by atoms with van der Waals surface area (Å²) in [6.45, 7) is 0. The zero-order valence-electron chi connectivity index (χ0n) is 8.54. The first-order chi connectivity index (χ1) is 7.08. The molecule has 0 aromatic heterocycles. The molecule has 1 aromatic rings. The van der Waals surface area contributed by atoms with Gasteiger partial charge in [0, 0.05) is 30.9 Å². The quantitative estimate of drug-likeness (QED) is 0.739. The van der Waals surface area contributed by atoms with Crippen LogP contribution in [-0.2, 0) is 4.79 Å². The Morgan fingerprint density at radius 2 is 2.13 bits per heavy atom. The highest BCUT2D eigenvalue weighted by Crippen LogP contribution is 2.33. The molecule has 4 heteroatoms. The van der Waals surface area contributed by atoms with Gasteiger partial charge in [0.05, 0.1) is 11.3 Å². The number of nitrogens with one attached hydrogen (secondary N) is 1. The van der Waals surface area contributed by atoms with E-state index >= 15 is 0 Å². The molecule has 1 aromatic carbocycles. The van der Waals surface area contributed by atoms with Crippen molar-refractivity contribution in [2.75, 3.05) is 19.4 Å². The molecule has 0 saturated heterocycles. The zero-order valence-corrected chi connectivity index (χ0v) is 9.30. The van der Waals surface area contributed by atoms with E-state index in [1.807, 2.05) is 25.1 Å². The minimum Gasteiger partial charge on any atom is -0.383 e. The SMILES string of the molecule is CN(C)/C=C1/C(=O)Nc2cc(Cl)ccc21. The van der Waals surface area contributed by atoms with Crippen LogP contribution < -0.4 is 5.32 Å². The first kappa shape index (κ1) is 10.1. The molecular weight excluding hydrogens is 212 g/mol. The molecule has 0 spiro atoms. The van der Waals surface area contributed by atoms with Crippen molar-refractivity contribution in [3.8, 4) is 0 Å². The number of nitrogens with zero attached hydrogens (tertiary/aromatic N) is 1. The van der Waals surface area contributed by atoms with Gasteiger partial charge in [-0.25, -0.2) is 0 Å². The maximum atomic E-state index is 11.6. The second-order valence-corrected chi connectivity index (χ2v) is 4.09. The third-order valence-corrected chi connectivity index (χ3v) is 2.39. The first-order valence-corrected chi connectivity index (χ1v) is 4.95. The van der Waals surface area contributed by atoms with Crippen LogP contribution in [-0.4, -0.2) is 24.9 Å². The standard InChI is InChI=1S/C11H11ClN2O/c1-14(2)6-9-8-4-3-7(12)5-10(8)13-11(9)15/h3-6H,1-2H3,(H,13,15)/b9-6+. The van der Waals surface area contributed by atoms with Gasteiger partial charge in [-0.05, 0) is 12.1 Å². The van der Waals surface area contributed by atoms with E-state index in [-0.39, 0.29) is 5.91 Å². The second kappa shape index (κ2) is 3.59. The molecular formula is C11H11ClN2O. The maximum absolute atomic E-state index is 11.6. The summed E-state index contributed by atoms with van der Waals surface area (Å²) in [5.41, 5.74) is 2.35. The van der Waals surface area contributed by atoms with Crippen molar-refractivity contribution >= 4 is 28.8 Å². The number of rotatable bonds is 1. The molecule has 1 amide bonds. The van der Waals surface area contributed by atoms with Crippen molar-refractivity contribution in [2.45, 2.75) is 0 Å². The Morgan fingerprint density at radius 3 is 2.80 bits per heavy atom. The molecule has 0 radical (unpaired) electrons. The number of hydrogen-bond acceptors (Lipinski definition) is 2. The van der Waals surface area contributed by atoms with Crippen molar-refractivity contribution in [1.29, 1.82) is 0 Å². The van der Waals surface area contributed by atoms with E-state index in [4.69, 9.17) is 11.6 Å². The number of hydrogen-bond donors (Lipinski definition) is 1. The monoisotopic (exact) mass is 222 g/mol. The molecule has 15 heavy (non-hydrogen) atoms. The summed E-state index contributed by atoms with van der Waals surface area (Å²) in [6, 6.07) is 5.39. The fourth-order valence-corrected chi connectivity index (χ4v) is 1.73. The number of benzene rings is 1. The number of fused-ring (bicyclic) bond motifs is 1. The minimum atomic E-state index is -0.0824. The predicted octanol–water partition coefficient (Wildman–Crippen LogP) is 2.19. The van der Waals surface area contributed by atoms with Crippen LogP contribution in [0.25, 0.3) is 5.57 Å².